The van der Waals surface area contributed by atoms with Crippen LogP contribution in [0.2, 0.25) is 5.02 Å². The van der Waals surface area contributed by atoms with Crippen molar-refractivity contribution < 1.29 is 23.5 Å². The Balaban J connectivity index is 1.52. The van der Waals surface area contributed by atoms with Gasteiger partial charge in [-0.1, -0.05) is 17.7 Å². The van der Waals surface area contributed by atoms with Crippen LogP contribution >= 0.6 is 11.6 Å². The minimum absolute atomic E-state index is 0.00638. The topological polar surface area (TPSA) is 118 Å². The Bertz CT molecular complexity index is 1310. The van der Waals surface area contributed by atoms with Crippen molar-refractivity contribution in [3.63, 3.8) is 0 Å². The van der Waals surface area contributed by atoms with Crippen molar-refractivity contribution in [2.24, 2.45) is 0 Å². The first-order valence-electron chi connectivity index (χ1n) is 11.7. The van der Waals surface area contributed by atoms with Crippen LogP contribution in [0.15, 0.2) is 36.7 Å². The zero-order valence-corrected chi connectivity index (χ0v) is 21.4. The Morgan fingerprint density at radius 3 is 2.73 bits per heavy atom. The van der Waals surface area contributed by atoms with Crippen LogP contribution in [0.3, 0.4) is 0 Å². The molecular weight excluding hydrogens is 503 g/mol. The highest BCUT2D eigenvalue weighted by atomic mass is 35.5. The first-order valence-corrected chi connectivity index (χ1v) is 12.1. The molecule has 196 valence electrons. The largest absolute Gasteiger partial charge is 0.493 e. The molecule has 12 heteroatoms. The van der Waals surface area contributed by atoms with Crippen molar-refractivity contribution in [1.29, 1.82) is 0 Å². The number of benzene rings is 2. The summed E-state index contributed by atoms with van der Waals surface area (Å²) < 4.78 is 26.3. The molecule has 2 amide bonds. The Morgan fingerprint density at radius 2 is 1.97 bits per heavy atom. The number of carbonyl (C=O) groups is 2. The maximum absolute atomic E-state index is 14.5. The molecule has 1 fully saturated rings. The molecule has 2 heterocycles. The predicted molar refractivity (Wildman–Crippen MR) is 138 cm³/mol. The number of fused-ring (bicyclic) bond motifs is 1. The summed E-state index contributed by atoms with van der Waals surface area (Å²) >= 11 is 5.92. The van der Waals surface area contributed by atoms with Gasteiger partial charge < -0.3 is 25.4 Å². The molecule has 37 heavy (non-hydrogen) atoms. The van der Waals surface area contributed by atoms with Crippen molar-refractivity contribution in [2.45, 2.75) is 25.5 Å². The van der Waals surface area contributed by atoms with Crippen LogP contribution in [-0.2, 0) is 9.59 Å². The van der Waals surface area contributed by atoms with Gasteiger partial charge in [-0.2, -0.15) is 0 Å². The van der Waals surface area contributed by atoms with Gasteiger partial charge in [0.1, 0.15) is 18.2 Å². The van der Waals surface area contributed by atoms with E-state index in [1.54, 1.807) is 24.3 Å². The second kappa shape index (κ2) is 11.6. The summed E-state index contributed by atoms with van der Waals surface area (Å²) in [5.74, 6) is 0.427. The Hall–Kier alpha value is -3.70. The zero-order chi connectivity index (χ0) is 26.5. The number of nitrogens with zero attached hydrogens (tertiary/aromatic N) is 3. The van der Waals surface area contributed by atoms with E-state index in [0.717, 1.165) is 0 Å². The number of methoxy groups -OCH3 is 1. The number of halogens is 2. The summed E-state index contributed by atoms with van der Waals surface area (Å²) in [4.78, 5) is 34.2. The van der Waals surface area contributed by atoms with Gasteiger partial charge in [0, 0.05) is 44.4 Å². The number of ether oxygens (including phenoxy) is 2. The molecule has 0 radical (unpaired) electrons. The van der Waals surface area contributed by atoms with Gasteiger partial charge in [-0.05, 0) is 25.2 Å². The van der Waals surface area contributed by atoms with E-state index in [-0.39, 0.29) is 34.7 Å². The number of likely N-dealkylation sites (N-methyl/N-ethyl adjacent to an activating group) is 1. The van der Waals surface area contributed by atoms with E-state index in [1.807, 2.05) is 11.9 Å². The third-order valence-corrected chi connectivity index (χ3v) is 6.32. The monoisotopic (exact) mass is 530 g/mol. The number of hydrogen-bond donors (Lipinski definition) is 3. The number of likely N-dealkylation sites (tertiary alicyclic amines) is 1. The average Bonchev–Trinajstić information content (AvgIpc) is 3.24. The lowest BCUT2D eigenvalue weighted by atomic mass is 10.1. The molecule has 1 aromatic heterocycles. The summed E-state index contributed by atoms with van der Waals surface area (Å²) in [6.07, 6.45) is 1.55. The SMILES string of the molecule is COc1cc2ncnc(Nc3cccc(Cl)c3F)c2cc1OC1C[C@H](C(=O)NCCNC(C)=O)N(C)C1. The Morgan fingerprint density at radius 1 is 1.19 bits per heavy atom. The molecule has 3 N–H and O–H groups in total. The van der Waals surface area contributed by atoms with Gasteiger partial charge in [-0.25, -0.2) is 14.4 Å². The molecule has 1 unspecified atom stereocenters. The van der Waals surface area contributed by atoms with E-state index in [9.17, 15) is 14.0 Å². The van der Waals surface area contributed by atoms with Gasteiger partial charge in [0.2, 0.25) is 11.8 Å². The van der Waals surface area contributed by atoms with Crippen LogP contribution in [0.25, 0.3) is 10.9 Å². The first-order chi connectivity index (χ1) is 17.8. The number of nitrogens with one attached hydrogen (secondary N) is 3. The van der Waals surface area contributed by atoms with Gasteiger partial charge in [0.15, 0.2) is 17.3 Å². The molecule has 1 aliphatic rings. The van der Waals surface area contributed by atoms with Gasteiger partial charge in [-0.3, -0.25) is 14.5 Å². The fourth-order valence-electron chi connectivity index (χ4n) is 4.21. The van der Waals surface area contributed by atoms with E-state index in [2.05, 4.69) is 25.9 Å². The molecule has 3 aromatic rings. The lowest BCUT2D eigenvalue weighted by molar-refractivity contribution is -0.125. The highest BCUT2D eigenvalue weighted by Gasteiger charge is 2.36. The molecular formula is C25H28ClFN6O4. The van der Waals surface area contributed by atoms with Crippen molar-refractivity contribution in [3.05, 3.63) is 47.5 Å². The number of rotatable bonds is 9. The van der Waals surface area contributed by atoms with Crippen molar-refractivity contribution >= 4 is 45.8 Å². The fraction of sp³-hybridized carbons (Fsp3) is 0.360. The maximum atomic E-state index is 14.5. The van der Waals surface area contributed by atoms with Crippen molar-refractivity contribution in [1.82, 2.24) is 25.5 Å². The smallest absolute Gasteiger partial charge is 0.237 e. The molecule has 0 spiro atoms. The minimum Gasteiger partial charge on any atom is -0.493 e. The van der Waals surface area contributed by atoms with Gasteiger partial charge in [0.25, 0.3) is 0 Å². The van der Waals surface area contributed by atoms with Crippen LogP contribution < -0.4 is 25.4 Å². The van der Waals surface area contributed by atoms with Crippen LogP contribution in [-0.4, -0.2) is 72.6 Å². The van der Waals surface area contributed by atoms with Crippen molar-refractivity contribution in [2.75, 3.05) is 39.1 Å². The van der Waals surface area contributed by atoms with E-state index in [0.29, 0.717) is 54.3 Å². The summed E-state index contributed by atoms with van der Waals surface area (Å²) in [6, 6.07) is 7.74. The van der Waals surface area contributed by atoms with E-state index in [4.69, 9.17) is 21.1 Å². The number of hydrogen-bond acceptors (Lipinski definition) is 8. The molecule has 0 aliphatic carbocycles. The van der Waals surface area contributed by atoms with E-state index >= 15 is 0 Å². The number of aromatic nitrogens is 2. The lowest BCUT2D eigenvalue weighted by Crippen LogP contribution is -2.43. The Labute approximate surface area is 218 Å². The first kappa shape index (κ1) is 26.4. The standard InChI is InChI=1S/C25H28ClFN6O4/c1-14(34)28-7-8-29-25(35)20-9-15(12-33(20)2)37-22-10-16-19(11-21(22)36-3)30-13-31-24(16)32-18-6-4-5-17(26)23(18)27/h4-6,10-11,13,15,20H,7-9,12H2,1-3H3,(H,28,34)(H,29,35)(H,30,31,32)/t15?,20-/m1/s1. The molecule has 1 saturated heterocycles. The van der Waals surface area contributed by atoms with E-state index < -0.39 is 5.82 Å². The summed E-state index contributed by atoms with van der Waals surface area (Å²) in [7, 11) is 3.39. The quantitative estimate of drug-likeness (QED) is 0.362. The summed E-state index contributed by atoms with van der Waals surface area (Å²) in [5.41, 5.74) is 0.750. The highest BCUT2D eigenvalue weighted by Crippen LogP contribution is 2.37. The summed E-state index contributed by atoms with van der Waals surface area (Å²) in [5, 5.41) is 9.06. The molecule has 2 atom stereocenters. The molecule has 0 bridgehead atoms. The third kappa shape index (κ3) is 6.17. The zero-order valence-electron chi connectivity index (χ0n) is 20.7. The lowest BCUT2D eigenvalue weighted by Gasteiger charge is -2.18. The second-order valence-electron chi connectivity index (χ2n) is 8.67. The minimum atomic E-state index is -0.587. The van der Waals surface area contributed by atoms with E-state index in [1.165, 1.54) is 26.4 Å². The number of amides is 2. The van der Waals surface area contributed by atoms with Crippen LogP contribution in [0, 0.1) is 5.82 Å². The molecule has 2 aromatic carbocycles. The molecule has 10 nitrogen and oxygen atoms in total. The number of anilines is 2. The predicted octanol–water partition coefficient (Wildman–Crippen LogP) is 2.88. The highest BCUT2D eigenvalue weighted by molar-refractivity contribution is 6.31. The van der Waals surface area contributed by atoms with Crippen molar-refractivity contribution in [3.8, 4) is 11.5 Å². The second-order valence-corrected chi connectivity index (χ2v) is 9.08. The molecule has 0 saturated carbocycles. The van der Waals surface area contributed by atoms with Crippen LogP contribution in [0.5, 0.6) is 11.5 Å². The van der Waals surface area contributed by atoms with Gasteiger partial charge in [-0.15, -0.1) is 0 Å². The van der Waals surface area contributed by atoms with Crippen LogP contribution in [0.1, 0.15) is 13.3 Å². The fourth-order valence-corrected chi connectivity index (χ4v) is 4.38. The molecule has 4 rings (SSSR count). The normalized spacial score (nSPS) is 17.4. The van der Waals surface area contributed by atoms with Gasteiger partial charge in [0.05, 0.1) is 29.4 Å². The summed E-state index contributed by atoms with van der Waals surface area (Å²) in [6.45, 7) is 2.66. The number of carbonyl (C=O) groups excluding carboxylic acids is 2. The Kier molecular flexibility index (Phi) is 8.24. The van der Waals surface area contributed by atoms with Gasteiger partial charge >= 0.3 is 0 Å². The average molecular weight is 531 g/mol. The molecule has 1 aliphatic heterocycles. The maximum Gasteiger partial charge on any atom is 0.237 e. The third-order valence-electron chi connectivity index (χ3n) is 6.03. The van der Waals surface area contributed by atoms with Crippen LogP contribution in [0.4, 0.5) is 15.9 Å².